The van der Waals surface area contributed by atoms with E-state index >= 15 is 0 Å². The van der Waals surface area contributed by atoms with Gasteiger partial charge in [-0.05, 0) is 37.1 Å². The average molecular weight is 328 g/mol. The zero-order valence-electron chi connectivity index (χ0n) is 10.9. The Morgan fingerprint density at radius 2 is 2.37 bits per heavy atom. The number of hydrogen-bond donors (Lipinski definition) is 1. The van der Waals surface area contributed by atoms with Gasteiger partial charge in [-0.1, -0.05) is 15.9 Å². The Hall–Kier alpha value is -1.07. The number of hydrogen-bond acceptors (Lipinski definition) is 3. The van der Waals surface area contributed by atoms with Crippen LogP contribution in [-0.4, -0.2) is 36.9 Å². The lowest BCUT2D eigenvalue weighted by atomic mass is 10.1. The van der Waals surface area contributed by atoms with Crippen molar-refractivity contribution in [1.29, 1.82) is 0 Å². The first-order chi connectivity index (χ1) is 9.06. The van der Waals surface area contributed by atoms with E-state index in [4.69, 9.17) is 9.84 Å². The Kier molecular flexibility index (Phi) is 4.82. The number of anilines is 1. The standard InChI is InChI=1S/C14H18BrNO3/c1-10-8-11(15)2-4-13(10)16-6-7-19-12(9-16)3-5-14(17)18/h2,4,8,12H,3,5-7,9H2,1H3,(H,17,18). The summed E-state index contributed by atoms with van der Waals surface area (Å²) in [6.07, 6.45) is 0.743. The number of benzene rings is 1. The first-order valence-corrected chi connectivity index (χ1v) is 7.20. The molecule has 0 aliphatic carbocycles. The summed E-state index contributed by atoms with van der Waals surface area (Å²) in [6.45, 7) is 4.35. The first kappa shape index (κ1) is 14.3. The number of aliphatic carboxylic acids is 1. The topological polar surface area (TPSA) is 49.8 Å². The van der Waals surface area contributed by atoms with Crippen LogP contribution in [-0.2, 0) is 9.53 Å². The Balaban J connectivity index is 2.02. The third kappa shape index (κ3) is 3.94. The fourth-order valence-corrected chi connectivity index (χ4v) is 2.85. The number of morpholine rings is 1. The van der Waals surface area contributed by atoms with Crippen LogP contribution in [0.25, 0.3) is 0 Å². The minimum atomic E-state index is -0.763. The molecule has 5 heteroatoms. The van der Waals surface area contributed by atoms with Gasteiger partial charge in [0.2, 0.25) is 0 Å². The highest BCUT2D eigenvalue weighted by molar-refractivity contribution is 9.10. The molecule has 19 heavy (non-hydrogen) atoms. The largest absolute Gasteiger partial charge is 0.481 e. The zero-order valence-corrected chi connectivity index (χ0v) is 12.5. The van der Waals surface area contributed by atoms with Crippen molar-refractivity contribution in [1.82, 2.24) is 0 Å². The summed E-state index contributed by atoms with van der Waals surface area (Å²) in [6, 6.07) is 6.22. The second-order valence-corrected chi connectivity index (χ2v) is 5.72. The lowest BCUT2D eigenvalue weighted by molar-refractivity contribution is -0.137. The number of carboxylic acids is 1. The van der Waals surface area contributed by atoms with E-state index in [0.29, 0.717) is 13.0 Å². The summed E-state index contributed by atoms with van der Waals surface area (Å²) in [5, 5.41) is 8.73. The molecule has 0 bridgehead atoms. The average Bonchev–Trinajstić information content (AvgIpc) is 2.36. The number of halogens is 1. The van der Waals surface area contributed by atoms with Crippen LogP contribution in [0.3, 0.4) is 0 Å². The van der Waals surface area contributed by atoms with E-state index in [9.17, 15) is 4.79 Å². The van der Waals surface area contributed by atoms with Crippen molar-refractivity contribution in [3.05, 3.63) is 28.2 Å². The molecule has 0 amide bonds. The Labute approximate surface area is 121 Å². The fraction of sp³-hybridized carbons (Fsp3) is 0.500. The summed E-state index contributed by atoms with van der Waals surface area (Å²) in [5.74, 6) is -0.763. The monoisotopic (exact) mass is 327 g/mol. The first-order valence-electron chi connectivity index (χ1n) is 6.41. The predicted molar refractivity (Wildman–Crippen MR) is 77.7 cm³/mol. The lowest BCUT2D eigenvalue weighted by Gasteiger charge is -2.35. The van der Waals surface area contributed by atoms with Gasteiger partial charge in [-0.25, -0.2) is 0 Å². The molecule has 1 heterocycles. The van der Waals surface area contributed by atoms with Crippen molar-refractivity contribution in [3.63, 3.8) is 0 Å². The van der Waals surface area contributed by atoms with Gasteiger partial charge in [0.25, 0.3) is 0 Å². The van der Waals surface area contributed by atoms with Gasteiger partial charge in [0, 0.05) is 29.7 Å². The van der Waals surface area contributed by atoms with Crippen LogP contribution < -0.4 is 4.90 Å². The third-order valence-corrected chi connectivity index (χ3v) is 3.81. The van der Waals surface area contributed by atoms with Gasteiger partial charge >= 0.3 is 5.97 Å². The molecule has 1 aromatic rings. The molecule has 1 aromatic carbocycles. The normalized spacial score (nSPS) is 19.5. The smallest absolute Gasteiger partial charge is 0.303 e. The van der Waals surface area contributed by atoms with Crippen LogP contribution in [0.4, 0.5) is 5.69 Å². The molecule has 1 aliphatic rings. The summed E-state index contributed by atoms with van der Waals surface area (Å²) in [5.41, 5.74) is 2.42. The van der Waals surface area contributed by atoms with E-state index in [2.05, 4.69) is 39.9 Å². The van der Waals surface area contributed by atoms with Crippen LogP contribution in [0.5, 0.6) is 0 Å². The lowest BCUT2D eigenvalue weighted by Crippen LogP contribution is -2.43. The summed E-state index contributed by atoms with van der Waals surface area (Å²) >= 11 is 3.46. The number of nitrogens with zero attached hydrogens (tertiary/aromatic N) is 1. The quantitative estimate of drug-likeness (QED) is 0.923. The molecule has 0 saturated carbocycles. The fourth-order valence-electron chi connectivity index (χ4n) is 2.37. The van der Waals surface area contributed by atoms with E-state index in [1.54, 1.807) is 0 Å². The van der Waals surface area contributed by atoms with Gasteiger partial charge < -0.3 is 14.7 Å². The predicted octanol–water partition coefficient (Wildman–Crippen LogP) is 2.83. The highest BCUT2D eigenvalue weighted by Crippen LogP contribution is 2.26. The molecule has 1 fully saturated rings. The van der Waals surface area contributed by atoms with E-state index in [1.807, 2.05) is 6.07 Å². The third-order valence-electron chi connectivity index (χ3n) is 3.32. The molecule has 1 aliphatic heterocycles. The Morgan fingerprint density at radius 3 is 3.05 bits per heavy atom. The van der Waals surface area contributed by atoms with Gasteiger partial charge in [0.05, 0.1) is 12.7 Å². The van der Waals surface area contributed by atoms with Crippen molar-refractivity contribution in [3.8, 4) is 0 Å². The molecule has 0 aromatic heterocycles. The maximum Gasteiger partial charge on any atom is 0.303 e. The minimum Gasteiger partial charge on any atom is -0.481 e. The summed E-state index contributed by atoms with van der Waals surface area (Å²) in [4.78, 5) is 12.9. The van der Waals surface area contributed by atoms with Gasteiger partial charge in [0.15, 0.2) is 0 Å². The van der Waals surface area contributed by atoms with Gasteiger partial charge in [-0.15, -0.1) is 0 Å². The number of carboxylic acid groups (broad SMARTS) is 1. The minimum absolute atomic E-state index is 0.00731. The van der Waals surface area contributed by atoms with Gasteiger partial charge in [-0.3, -0.25) is 4.79 Å². The van der Waals surface area contributed by atoms with Crippen LogP contribution >= 0.6 is 15.9 Å². The number of aryl methyl sites for hydroxylation is 1. The second kappa shape index (κ2) is 6.39. The molecule has 0 radical (unpaired) electrons. The van der Waals surface area contributed by atoms with Crippen LogP contribution in [0.2, 0.25) is 0 Å². The van der Waals surface area contributed by atoms with Gasteiger partial charge in [-0.2, -0.15) is 0 Å². The maximum atomic E-state index is 10.6. The van der Waals surface area contributed by atoms with Gasteiger partial charge in [0.1, 0.15) is 0 Å². The van der Waals surface area contributed by atoms with E-state index < -0.39 is 5.97 Å². The second-order valence-electron chi connectivity index (χ2n) is 4.80. The zero-order chi connectivity index (χ0) is 13.8. The van der Waals surface area contributed by atoms with E-state index in [-0.39, 0.29) is 12.5 Å². The van der Waals surface area contributed by atoms with Crippen molar-refractivity contribution in [2.24, 2.45) is 0 Å². The number of rotatable bonds is 4. The molecule has 1 saturated heterocycles. The number of carbonyl (C=O) groups is 1. The maximum absolute atomic E-state index is 10.6. The van der Waals surface area contributed by atoms with Crippen LogP contribution in [0.15, 0.2) is 22.7 Å². The molecular formula is C14H18BrNO3. The Morgan fingerprint density at radius 1 is 1.58 bits per heavy atom. The molecular weight excluding hydrogens is 310 g/mol. The summed E-state index contributed by atoms with van der Waals surface area (Å²) < 4.78 is 6.70. The molecule has 4 nitrogen and oxygen atoms in total. The molecule has 104 valence electrons. The molecule has 1 atom stereocenters. The highest BCUT2D eigenvalue weighted by Gasteiger charge is 2.22. The molecule has 1 N–H and O–H groups in total. The van der Waals surface area contributed by atoms with Crippen LogP contribution in [0, 0.1) is 6.92 Å². The molecule has 0 spiro atoms. The Bertz CT molecular complexity index is 464. The van der Waals surface area contributed by atoms with Crippen molar-refractivity contribution in [2.75, 3.05) is 24.6 Å². The van der Waals surface area contributed by atoms with Crippen LogP contribution in [0.1, 0.15) is 18.4 Å². The van der Waals surface area contributed by atoms with Crippen molar-refractivity contribution >= 4 is 27.6 Å². The SMILES string of the molecule is Cc1cc(Br)ccc1N1CCOC(CCC(=O)O)C1. The highest BCUT2D eigenvalue weighted by atomic mass is 79.9. The number of ether oxygens (including phenoxy) is 1. The van der Waals surface area contributed by atoms with Crippen molar-refractivity contribution in [2.45, 2.75) is 25.9 Å². The molecule has 1 unspecified atom stereocenters. The summed E-state index contributed by atoms with van der Waals surface area (Å²) in [7, 11) is 0. The van der Waals surface area contributed by atoms with Crippen molar-refractivity contribution < 1.29 is 14.6 Å². The molecule has 2 rings (SSSR count). The van der Waals surface area contributed by atoms with E-state index in [0.717, 1.165) is 17.6 Å². The van der Waals surface area contributed by atoms with E-state index in [1.165, 1.54) is 11.3 Å².